The summed E-state index contributed by atoms with van der Waals surface area (Å²) in [6, 6.07) is 7.01. The fourth-order valence-electron chi connectivity index (χ4n) is 5.52. The van der Waals surface area contributed by atoms with E-state index in [1.165, 1.54) is 6.07 Å². The summed E-state index contributed by atoms with van der Waals surface area (Å²) in [5, 5.41) is 0. The summed E-state index contributed by atoms with van der Waals surface area (Å²) in [6.07, 6.45) is 6.14. The number of rotatable bonds is 6. The summed E-state index contributed by atoms with van der Waals surface area (Å²) in [5.41, 5.74) is 2.92. The van der Waals surface area contributed by atoms with Crippen LogP contribution in [0.3, 0.4) is 0 Å². The Kier molecular flexibility index (Phi) is 4.15. The van der Waals surface area contributed by atoms with Gasteiger partial charge in [0.05, 0.1) is 30.1 Å². The van der Waals surface area contributed by atoms with E-state index in [0.717, 1.165) is 30.5 Å². The van der Waals surface area contributed by atoms with E-state index in [1.807, 2.05) is 18.3 Å². The molecule has 2 aromatic heterocycles. The van der Waals surface area contributed by atoms with Crippen LogP contribution in [0.2, 0.25) is 0 Å². The molecule has 1 aliphatic carbocycles. The zero-order valence-electron chi connectivity index (χ0n) is 17.6. The average molecular weight is 440 g/mol. The second-order valence-corrected chi connectivity index (χ2v) is 9.31. The van der Waals surface area contributed by atoms with Gasteiger partial charge in [-0.25, -0.2) is 4.98 Å². The Morgan fingerprint density at radius 1 is 1.31 bits per heavy atom. The molecule has 0 amide bonds. The number of carbonyl (C=O) groups is 1. The quantitative estimate of drug-likeness (QED) is 0.540. The van der Waals surface area contributed by atoms with Gasteiger partial charge in [0.15, 0.2) is 17.2 Å². The van der Waals surface area contributed by atoms with Crippen LogP contribution >= 0.6 is 0 Å². The van der Waals surface area contributed by atoms with E-state index >= 15 is 0 Å². The highest BCUT2D eigenvalue weighted by atomic mass is 19.3. The number of aromatic nitrogens is 2. The Hall–Kier alpha value is -3.00. The molecule has 0 N–H and O–H groups in total. The van der Waals surface area contributed by atoms with Crippen molar-refractivity contribution in [2.24, 2.45) is 0 Å². The van der Waals surface area contributed by atoms with E-state index in [9.17, 15) is 13.6 Å². The van der Waals surface area contributed by atoms with Crippen molar-refractivity contribution in [2.45, 2.75) is 50.2 Å². The molecule has 8 heteroatoms. The number of ether oxygens (including phenoxy) is 3. The van der Waals surface area contributed by atoms with Gasteiger partial charge in [0, 0.05) is 30.7 Å². The first kappa shape index (κ1) is 19.7. The van der Waals surface area contributed by atoms with Crippen LogP contribution in [0.25, 0.3) is 5.65 Å². The van der Waals surface area contributed by atoms with E-state index in [-0.39, 0.29) is 29.0 Å². The van der Waals surface area contributed by atoms with E-state index in [1.54, 1.807) is 16.7 Å². The number of Topliss-reactive ketones (excluding diaryl/α,β-unsaturated/α-hetero) is 1. The summed E-state index contributed by atoms with van der Waals surface area (Å²) in [6.45, 7) is 0.215. The van der Waals surface area contributed by atoms with Crippen LogP contribution in [0.1, 0.15) is 46.9 Å². The number of nitrogens with zero attached hydrogens (tertiary/aromatic N) is 2. The second kappa shape index (κ2) is 6.75. The molecule has 3 aliphatic heterocycles. The number of carbonyl (C=O) groups excluding carboxylic acids is 1. The summed E-state index contributed by atoms with van der Waals surface area (Å²) in [7, 11) is 0. The van der Waals surface area contributed by atoms with Crippen LogP contribution in [0.15, 0.2) is 36.7 Å². The lowest BCUT2D eigenvalue weighted by atomic mass is 9.62. The molecule has 2 saturated heterocycles. The van der Waals surface area contributed by atoms with E-state index in [4.69, 9.17) is 14.2 Å². The van der Waals surface area contributed by atoms with Gasteiger partial charge in [-0.1, -0.05) is 12.1 Å². The van der Waals surface area contributed by atoms with Gasteiger partial charge in [0.25, 0.3) is 0 Å². The molecule has 0 radical (unpaired) electrons. The third-order valence-electron chi connectivity index (χ3n) is 6.83. The Balaban J connectivity index is 1.36. The lowest BCUT2D eigenvalue weighted by molar-refractivity contribution is -0.0491. The number of pyridine rings is 1. The van der Waals surface area contributed by atoms with Crippen molar-refractivity contribution >= 4 is 11.4 Å². The third-order valence-corrected chi connectivity index (χ3v) is 6.83. The number of para-hydroxylation sites is 1. The molecule has 7 rings (SSSR count). The normalized spacial score (nSPS) is 25.6. The summed E-state index contributed by atoms with van der Waals surface area (Å²) < 4.78 is 44.3. The molecule has 3 aromatic rings. The molecule has 32 heavy (non-hydrogen) atoms. The topological polar surface area (TPSA) is 62.1 Å². The minimum Gasteiger partial charge on any atom is -0.492 e. The van der Waals surface area contributed by atoms with Gasteiger partial charge >= 0.3 is 6.61 Å². The highest BCUT2D eigenvalue weighted by molar-refractivity contribution is 6.00. The van der Waals surface area contributed by atoms with E-state index in [0.29, 0.717) is 35.7 Å². The van der Waals surface area contributed by atoms with Gasteiger partial charge in [-0.2, -0.15) is 8.78 Å². The minimum absolute atomic E-state index is 0.0369. The number of hydrogen-bond acceptors (Lipinski definition) is 5. The zero-order chi connectivity index (χ0) is 22.1. The van der Waals surface area contributed by atoms with Crippen LogP contribution in [-0.2, 0) is 23.0 Å². The molecule has 1 saturated carbocycles. The van der Waals surface area contributed by atoms with Gasteiger partial charge < -0.3 is 18.6 Å². The molecule has 166 valence electrons. The Bertz CT molecular complexity index is 1250. The van der Waals surface area contributed by atoms with Crippen molar-refractivity contribution in [2.75, 3.05) is 13.2 Å². The van der Waals surface area contributed by atoms with Crippen molar-refractivity contribution < 1.29 is 27.8 Å². The Morgan fingerprint density at radius 2 is 2.16 bits per heavy atom. The molecule has 1 aromatic carbocycles. The van der Waals surface area contributed by atoms with Crippen molar-refractivity contribution in [3.63, 3.8) is 0 Å². The SMILES string of the molecule is CC12CC(c3cn4cc(CC(=O)c5cccc6c5OCC6)cc(OC(F)F)c4n3)(CO1)C2. The zero-order valence-corrected chi connectivity index (χ0v) is 17.6. The van der Waals surface area contributed by atoms with Gasteiger partial charge in [0.1, 0.15) is 5.75 Å². The van der Waals surface area contributed by atoms with Gasteiger partial charge in [-0.15, -0.1) is 0 Å². The molecule has 0 unspecified atom stereocenters. The fraction of sp³-hybridized carbons (Fsp3) is 0.417. The van der Waals surface area contributed by atoms with Crippen LogP contribution in [-0.4, -0.2) is 40.6 Å². The lowest BCUT2D eigenvalue weighted by Gasteiger charge is -2.41. The van der Waals surface area contributed by atoms with Crippen molar-refractivity contribution in [3.05, 3.63) is 59.0 Å². The van der Waals surface area contributed by atoms with E-state index in [2.05, 4.69) is 11.9 Å². The summed E-state index contributed by atoms with van der Waals surface area (Å²) >= 11 is 0. The highest BCUT2D eigenvalue weighted by Gasteiger charge is 2.61. The molecule has 5 heterocycles. The van der Waals surface area contributed by atoms with Gasteiger partial charge in [-0.05, 0) is 43.0 Å². The molecular formula is C24H22F2N2O4. The van der Waals surface area contributed by atoms with Crippen LogP contribution in [0.4, 0.5) is 8.78 Å². The maximum Gasteiger partial charge on any atom is 0.387 e. The number of imidazole rings is 1. The van der Waals surface area contributed by atoms with Crippen LogP contribution in [0.5, 0.6) is 11.5 Å². The minimum atomic E-state index is -2.99. The van der Waals surface area contributed by atoms with Crippen molar-refractivity contribution in [1.82, 2.24) is 9.38 Å². The Morgan fingerprint density at radius 3 is 2.91 bits per heavy atom. The number of alkyl halides is 2. The van der Waals surface area contributed by atoms with Gasteiger partial charge in [-0.3, -0.25) is 4.79 Å². The number of halogens is 2. The first-order chi connectivity index (χ1) is 15.3. The number of ketones is 1. The maximum absolute atomic E-state index is 13.1. The monoisotopic (exact) mass is 440 g/mol. The number of fused-ring (bicyclic) bond motifs is 3. The second-order valence-electron chi connectivity index (χ2n) is 9.31. The highest BCUT2D eigenvalue weighted by Crippen LogP contribution is 2.58. The lowest BCUT2D eigenvalue weighted by Crippen LogP contribution is -2.45. The Labute approximate surface area is 183 Å². The fourth-order valence-corrected chi connectivity index (χ4v) is 5.52. The first-order valence-corrected chi connectivity index (χ1v) is 10.7. The van der Waals surface area contributed by atoms with Crippen molar-refractivity contribution in [3.8, 4) is 11.5 Å². The summed E-state index contributed by atoms with van der Waals surface area (Å²) in [4.78, 5) is 17.7. The smallest absolute Gasteiger partial charge is 0.387 e. The molecule has 2 bridgehead atoms. The average Bonchev–Trinajstić information content (AvgIpc) is 3.47. The number of benzene rings is 1. The third kappa shape index (κ3) is 3.00. The molecular weight excluding hydrogens is 418 g/mol. The predicted octanol–water partition coefficient (Wildman–Crippen LogP) is 4.12. The molecule has 0 spiro atoms. The van der Waals surface area contributed by atoms with Crippen LogP contribution in [0, 0.1) is 0 Å². The molecule has 4 aliphatic rings. The molecule has 3 fully saturated rings. The summed E-state index contributed by atoms with van der Waals surface area (Å²) in [5.74, 6) is 0.452. The van der Waals surface area contributed by atoms with Crippen LogP contribution < -0.4 is 9.47 Å². The maximum atomic E-state index is 13.1. The molecule has 6 nitrogen and oxygen atoms in total. The first-order valence-electron chi connectivity index (χ1n) is 10.7. The van der Waals surface area contributed by atoms with Gasteiger partial charge in [0.2, 0.25) is 0 Å². The largest absolute Gasteiger partial charge is 0.492 e. The molecule has 0 atom stereocenters. The number of hydrogen-bond donors (Lipinski definition) is 0. The van der Waals surface area contributed by atoms with E-state index < -0.39 is 6.61 Å². The standard InChI is InChI=1S/C24H22F2N2O4/c1-23-11-24(12-23,13-31-23)19-10-28-9-14(8-18(21(28)27-19)32-22(25)26)7-17(29)16-4-2-3-15-5-6-30-20(15)16/h2-4,8-10,22H,5-7,11-13H2,1H3. The predicted molar refractivity (Wildman–Crippen MR) is 111 cm³/mol. The van der Waals surface area contributed by atoms with Crippen molar-refractivity contribution in [1.29, 1.82) is 0 Å².